The third-order valence-electron chi connectivity index (χ3n) is 5.09. The molecule has 2 unspecified atom stereocenters. The number of nitrogens with one attached hydrogen (secondary N) is 2. The summed E-state index contributed by atoms with van der Waals surface area (Å²) in [6.07, 6.45) is 0.878. The van der Waals surface area contributed by atoms with Gasteiger partial charge in [0.1, 0.15) is 0 Å². The third kappa shape index (κ3) is 8.47. The lowest BCUT2D eigenvalue weighted by molar-refractivity contribution is -0.0174. The van der Waals surface area contributed by atoms with Gasteiger partial charge in [0.25, 0.3) is 0 Å². The smallest absolute Gasteiger partial charge is 0.191 e. The summed E-state index contributed by atoms with van der Waals surface area (Å²) in [5.74, 6) is 2.44. The van der Waals surface area contributed by atoms with E-state index in [1.165, 1.54) is 5.56 Å². The van der Waals surface area contributed by atoms with Crippen LogP contribution in [0.15, 0.2) is 23.2 Å². The molecule has 1 fully saturated rings. The normalized spacial score (nSPS) is 18.3. The van der Waals surface area contributed by atoms with E-state index in [4.69, 9.17) is 14.2 Å². The molecular formula is C22H39IN4O3. The van der Waals surface area contributed by atoms with Crippen molar-refractivity contribution in [3.05, 3.63) is 23.8 Å². The van der Waals surface area contributed by atoms with Crippen molar-refractivity contribution in [2.45, 2.75) is 46.2 Å². The molecule has 1 aromatic rings. The second-order valence-electron chi connectivity index (χ2n) is 7.29. The number of hydrogen-bond donors (Lipinski definition) is 2. The summed E-state index contributed by atoms with van der Waals surface area (Å²) in [7, 11) is 1.81. The monoisotopic (exact) mass is 534 g/mol. The van der Waals surface area contributed by atoms with E-state index >= 15 is 0 Å². The summed E-state index contributed by atoms with van der Waals surface area (Å²) >= 11 is 0. The maximum absolute atomic E-state index is 5.71. The molecule has 2 rings (SSSR count). The van der Waals surface area contributed by atoms with Crippen LogP contribution < -0.4 is 20.1 Å². The molecule has 0 bridgehead atoms. The van der Waals surface area contributed by atoms with E-state index in [2.05, 4.69) is 46.5 Å². The molecule has 1 heterocycles. The van der Waals surface area contributed by atoms with Crippen LogP contribution in [0.3, 0.4) is 0 Å². The van der Waals surface area contributed by atoms with Gasteiger partial charge in [0.2, 0.25) is 0 Å². The molecule has 1 aliphatic rings. The van der Waals surface area contributed by atoms with Gasteiger partial charge in [0.05, 0.1) is 26.4 Å². The lowest BCUT2D eigenvalue weighted by Crippen LogP contribution is -2.53. The fourth-order valence-corrected chi connectivity index (χ4v) is 3.55. The molecule has 0 aliphatic carbocycles. The average molecular weight is 534 g/mol. The van der Waals surface area contributed by atoms with Crippen LogP contribution in [0.25, 0.3) is 0 Å². The van der Waals surface area contributed by atoms with Gasteiger partial charge in [0, 0.05) is 38.8 Å². The van der Waals surface area contributed by atoms with E-state index in [9.17, 15) is 0 Å². The molecule has 1 aliphatic heterocycles. The molecule has 7 nitrogen and oxygen atoms in total. The Hall–Kier alpha value is -1.26. The van der Waals surface area contributed by atoms with Gasteiger partial charge in [0.15, 0.2) is 17.5 Å². The summed E-state index contributed by atoms with van der Waals surface area (Å²) in [4.78, 5) is 6.83. The van der Waals surface area contributed by atoms with Crippen molar-refractivity contribution in [2.24, 2.45) is 4.99 Å². The number of nitrogens with zero attached hydrogens (tertiary/aromatic N) is 2. The summed E-state index contributed by atoms with van der Waals surface area (Å²) in [5, 5.41) is 6.84. The van der Waals surface area contributed by atoms with E-state index < -0.39 is 0 Å². The highest BCUT2D eigenvalue weighted by atomic mass is 127. The molecule has 1 aromatic carbocycles. The van der Waals surface area contributed by atoms with Gasteiger partial charge in [-0.05, 0) is 51.8 Å². The number of halogens is 1. The van der Waals surface area contributed by atoms with E-state index in [0.717, 1.165) is 56.7 Å². The minimum Gasteiger partial charge on any atom is -0.490 e. The third-order valence-corrected chi connectivity index (χ3v) is 5.09. The van der Waals surface area contributed by atoms with Gasteiger partial charge < -0.3 is 24.8 Å². The highest BCUT2D eigenvalue weighted by Gasteiger charge is 2.23. The van der Waals surface area contributed by atoms with Crippen molar-refractivity contribution in [1.29, 1.82) is 0 Å². The number of guanidine groups is 1. The summed E-state index contributed by atoms with van der Waals surface area (Å²) in [5.41, 5.74) is 1.20. The van der Waals surface area contributed by atoms with E-state index in [-0.39, 0.29) is 24.0 Å². The standard InChI is InChI=1S/C22H38N4O3.HI/c1-6-28-20-9-8-19(14-21(20)29-7-2)10-11-24-22(23-5)25-15-17(3)26-12-13-27-16-18(26)4;/h8-9,14,17-18H,6-7,10-13,15-16H2,1-5H3,(H2,23,24,25);1H. The molecule has 0 radical (unpaired) electrons. The zero-order chi connectivity index (χ0) is 21.1. The van der Waals surface area contributed by atoms with Gasteiger partial charge in [-0.2, -0.15) is 0 Å². The van der Waals surface area contributed by atoms with Crippen LogP contribution in [0.1, 0.15) is 33.3 Å². The van der Waals surface area contributed by atoms with Crippen LogP contribution in [0.4, 0.5) is 0 Å². The van der Waals surface area contributed by atoms with Crippen LogP contribution >= 0.6 is 24.0 Å². The van der Waals surface area contributed by atoms with Gasteiger partial charge in [-0.1, -0.05) is 6.07 Å². The SMILES string of the molecule is CCOc1ccc(CCNC(=NC)NCC(C)N2CCOCC2C)cc1OCC.I. The minimum atomic E-state index is 0. The highest BCUT2D eigenvalue weighted by Crippen LogP contribution is 2.28. The first-order valence-electron chi connectivity index (χ1n) is 10.8. The molecule has 172 valence electrons. The van der Waals surface area contributed by atoms with Gasteiger partial charge in [-0.15, -0.1) is 24.0 Å². The van der Waals surface area contributed by atoms with Crippen molar-refractivity contribution in [1.82, 2.24) is 15.5 Å². The van der Waals surface area contributed by atoms with Crippen molar-refractivity contribution in [3.8, 4) is 11.5 Å². The summed E-state index contributed by atoms with van der Waals surface area (Å²) in [6.45, 7) is 13.9. The maximum atomic E-state index is 5.71. The largest absolute Gasteiger partial charge is 0.490 e. The number of benzene rings is 1. The Labute approximate surface area is 199 Å². The van der Waals surface area contributed by atoms with E-state index in [1.807, 2.05) is 19.9 Å². The topological polar surface area (TPSA) is 67.4 Å². The minimum absolute atomic E-state index is 0. The number of aliphatic imine (C=N–C) groups is 1. The summed E-state index contributed by atoms with van der Waals surface area (Å²) < 4.78 is 16.9. The molecule has 2 N–H and O–H groups in total. The number of ether oxygens (including phenoxy) is 3. The van der Waals surface area contributed by atoms with Gasteiger partial charge in [-0.3, -0.25) is 9.89 Å². The Balaban J connectivity index is 0.00000450. The van der Waals surface area contributed by atoms with Crippen LogP contribution in [0.5, 0.6) is 11.5 Å². The van der Waals surface area contributed by atoms with E-state index in [0.29, 0.717) is 25.3 Å². The Bertz CT molecular complexity index is 645. The lowest BCUT2D eigenvalue weighted by atomic mass is 10.1. The second kappa shape index (κ2) is 14.7. The zero-order valence-corrected chi connectivity index (χ0v) is 21.4. The average Bonchev–Trinajstić information content (AvgIpc) is 2.72. The first-order valence-corrected chi connectivity index (χ1v) is 10.8. The summed E-state index contributed by atoms with van der Waals surface area (Å²) in [6, 6.07) is 7.02. The van der Waals surface area contributed by atoms with Gasteiger partial charge in [-0.25, -0.2) is 0 Å². The Morgan fingerprint density at radius 2 is 1.97 bits per heavy atom. The van der Waals surface area contributed by atoms with Crippen molar-refractivity contribution >= 4 is 29.9 Å². The quantitative estimate of drug-likeness (QED) is 0.274. The van der Waals surface area contributed by atoms with Crippen molar-refractivity contribution < 1.29 is 14.2 Å². The number of hydrogen-bond acceptors (Lipinski definition) is 5. The first-order chi connectivity index (χ1) is 14.1. The van der Waals surface area contributed by atoms with Gasteiger partial charge >= 0.3 is 0 Å². The molecule has 0 aromatic heterocycles. The van der Waals surface area contributed by atoms with E-state index in [1.54, 1.807) is 7.05 Å². The van der Waals surface area contributed by atoms with Crippen LogP contribution in [-0.2, 0) is 11.2 Å². The fourth-order valence-electron chi connectivity index (χ4n) is 3.55. The predicted molar refractivity (Wildman–Crippen MR) is 134 cm³/mol. The van der Waals surface area contributed by atoms with Crippen molar-refractivity contribution in [3.63, 3.8) is 0 Å². The first kappa shape index (κ1) is 26.8. The van der Waals surface area contributed by atoms with Crippen LogP contribution in [-0.4, -0.2) is 76.1 Å². The molecule has 2 atom stereocenters. The second-order valence-corrected chi connectivity index (χ2v) is 7.29. The molecular weight excluding hydrogens is 495 g/mol. The predicted octanol–water partition coefficient (Wildman–Crippen LogP) is 2.92. The molecule has 30 heavy (non-hydrogen) atoms. The Morgan fingerprint density at radius 3 is 2.63 bits per heavy atom. The van der Waals surface area contributed by atoms with Crippen LogP contribution in [0.2, 0.25) is 0 Å². The lowest BCUT2D eigenvalue weighted by Gasteiger charge is -2.38. The number of rotatable bonds is 10. The molecule has 0 saturated carbocycles. The fraction of sp³-hybridized carbons (Fsp3) is 0.682. The highest BCUT2D eigenvalue weighted by molar-refractivity contribution is 14.0. The van der Waals surface area contributed by atoms with Crippen LogP contribution in [0, 0.1) is 0 Å². The molecule has 0 spiro atoms. The van der Waals surface area contributed by atoms with Crippen molar-refractivity contribution in [2.75, 3.05) is 53.1 Å². The molecule has 0 amide bonds. The Morgan fingerprint density at radius 1 is 1.23 bits per heavy atom. The maximum Gasteiger partial charge on any atom is 0.191 e. The number of morpholine rings is 1. The molecule has 1 saturated heterocycles. The molecule has 8 heteroatoms. The zero-order valence-electron chi connectivity index (χ0n) is 19.1. The Kier molecular flexibility index (Phi) is 13.1.